The highest BCUT2D eigenvalue weighted by Crippen LogP contribution is 2.36. The SMILES string of the molecule is CC1[C@H](n2cnc3c(N)nc(C#CC[C@H]4CC[C@H](COC=O)CC4)nc32)O[C@H](CN(C)C=O)[C@H]1O. The highest BCUT2D eigenvalue weighted by Gasteiger charge is 2.42. The Bertz CT molecular complexity index is 1100. The number of fused-ring (bicyclic) bond motifs is 1. The molecule has 11 nitrogen and oxygen atoms in total. The van der Waals surface area contributed by atoms with Crippen molar-refractivity contribution in [2.75, 3.05) is 25.9 Å². The lowest BCUT2D eigenvalue weighted by Gasteiger charge is -2.26. The first-order valence-corrected chi connectivity index (χ1v) is 11.9. The van der Waals surface area contributed by atoms with E-state index in [0.29, 0.717) is 48.3 Å². The Morgan fingerprint density at radius 2 is 2.03 bits per heavy atom. The van der Waals surface area contributed by atoms with Gasteiger partial charge in [-0.3, -0.25) is 14.2 Å². The molecular weight excluding hydrogens is 452 g/mol. The third-order valence-electron chi connectivity index (χ3n) is 7.01. The molecule has 0 radical (unpaired) electrons. The Kier molecular flexibility index (Phi) is 7.83. The first-order chi connectivity index (χ1) is 16.9. The standard InChI is InChI=1S/C24H32N6O5/c1-15-21(33)18(10-29(2)13-31)35-24(15)30-12-26-20-22(25)27-19(28-23(20)30)5-3-4-16-6-8-17(9-7-16)11-34-14-32/h12-18,21,24,33H,4,6-11H2,1-2H3,(H2,25,27,28)/t15?,16-,17-,18-,21+,24-/m1/s1. The Morgan fingerprint density at radius 1 is 1.29 bits per heavy atom. The van der Waals surface area contributed by atoms with Crippen LogP contribution in [0.4, 0.5) is 5.82 Å². The van der Waals surface area contributed by atoms with Crippen molar-refractivity contribution in [1.82, 2.24) is 24.4 Å². The number of anilines is 1. The molecular formula is C24H32N6O5. The molecule has 1 saturated heterocycles. The van der Waals surface area contributed by atoms with Gasteiger partial charge in [0.2, 0.25) is 12.2 Å². The first kappa shape index (κ1) is 24.9. The van der Waals surface area contributed by atoms with Gasteiger partial charge < -0.3 is 25.2 Å². The molecule has 0 bridgehead atoms. The second-order valence-corrected chi connectivity index (χ2v) is 9.54. The van der Waals surface area contributed by atoms with E-state index in [2.05, 4.69) is 26.8 Å². The highest BCUT2D eigenvalue weighted by atomic mass is 16.5. The molecule has 1 aliphatic heterocycles. The van der Waals surface area contributed by atoms with Crippen LogP contribution in [-0.4, -0.2) is 74.8 Å². The van der Waals surface area contributed by atoms with E-state index in [4.69, 9.17) is 15.2 Å². The largest absolute Gasteiger partial charge is 0.468 e. The Morgan fingerprint density at radius 3 is 2.74 bits per heavy atom. The van der Waals surface area contributed by atoms with Crippen LogP contribution in [-0.2, 0) is 19.1 Å². The van der Waals surface area contributed by atoms with Crippen molar-refractivity contribution < 1.29 is 24.2 Å². The van der Waals surface area contributed by atoms with Crippen LogP contribution in [0.5, 0.6) is 0 Å². The zero-order chi connectivity index (χ0) is 24.9. The van der Waals surface area contributed by atoms with Crippen LogP contribution in [0.3, 0.4) is 0 Å². The summed E-state index contributed by atoms with van der Waals surface area (Å²) >= 11 is 0. The van der Waals surface area contributed by atoms with Gasteiger partial charge in [0.1, 0.15) is 17.8 Å². The van der Waals surface area contributed by atoms with Crippen LogP contribution in [0, 0.1) is 29.6 Å². The van der Waals surface area contributed by atoms with Gasteiger partial charge >= 0.3 is 0 Å². The normalized spacial score (nSPS) is 28.3. The number of aromatic nitrogens is 4. The summed E-state index contributed by atoms with van der Waals surface area (Å²) in [5.74, 6) is 7.46. The number of amides is 1. The molecule has 2 fully saturated rings. The predicted octanol–water partition coefficient (Wildman–Crippen LogP) is 1.11. The highest BCUT2D eigenvalue weighted by molar-refractivity contribution is 5.82. The number of ether oxygens (including phenoxy) is 2. The van der Waals surface area contributed by atoms with E-state index in [9.17, 15) is 14.7 Å². The summed E-state index contributed by atoms with van der Waals surface area (Å²) in [6.07, 6.45) is 5.39. The van der Waals surface area contributed by atoms with Crippen molar-refractivity contribution in [3.63, 3.8) is 0 Å². The number of hydrogen-bond acceptors (Lipinski definition) is 9. The summed E-state index contributed by atoms with van der Waals surface area (Å²) in [4.78, 5) is 36.0. The fourth-order valence-corrected chi connectivity index (χ4v) is 4.92. The molecule has 1 saturated carbocycles. The number of imidazole rings is 1. The minimum absolute atomic E-state index is 0.233. The van der Waals surface area contributed by atoms with E-state index < -0.39 is 18.4 Å². The van der Waals surface area contributed by atoms with Crippen LogP contribution in [0.25, 0.3) is 11.2 Å². The van der Waals surface area contributed by atoms with E-state index in [1.807, 2.05) is 6.92 Å². The summed E-state index contributed by atoms with van der Waals surface area (Å²) in [6.45, 7) is 3.17. The summed E-state index contributed by atoms with van der Waals surface area (Å²) in [5, 5.41) is 10.6. The summed E-state index contributed by atoms with van der Waals surface area (Å²) < 4.78 is 12.7. The van der Waals surface area contributed by atoms with E-state index >= 15 is 0 Å². The molecule has 2 aromatic rings. The monoisotopic (exact) mass is 484 g/mol. The van der Waals surface area contributed by atoms with Gasteiger partial charge in [0.25, 0.3) is 6.47 Å². The van der Waals surface area contributed by atoms with Crippen molar-refractivity contribution >= 4 is 29.9 Å². The van der Waals surface area contributed by atoms with Crippen LogP contribution < -0.4 is 5.73 Å². The molecule has 1 aliphatic carbocycles. The zero-order valence-corrected chi connectivity index (χ0v) is 20.0. The quantitative estimate of drug-likeness (QED) is 0.415. The third-order valence-corrected chi connectivity index (χ3v) is 7.01. The molecule has 3 N–H and O–H groups in total. The van der Waals surface area contributed by atoms with Crippen molar-refractivity contribution in [2.45, 2.75) is 57.5 Å². The fraction of sp³-hybridized carbons (Fsp3) is 0.625. The smallest absolute Gasteiger partial charge is 0.293 e. The Balaban J connectivity index is 1.46. The second-order valence-electron chi connectivity index (χ2n) is 9.54. The zero-order valence-electron chi connectivity index (χ0n) is 20.0. The van der Waals surface area contributed by atoms with Crippen molar-refractivity contribution in [1.29, 1.82) is 0 Å². The molecule has 4 atom stereocenters. The van der Waals surface area contributed by atoms with Gasteiger partial charge in [-0.05, 0) is 43.4 Å². The van der Waals surface area contributed by atoms with E-state index in [-0.39, 0.29) is 18.3 Å². The number of nitrogens with zero attached hydrogens (tertiary/aromatic N) is 5. The average molecular weight is 485 g/mol. The lowest BCUT2D eigenvalue weighted by molar-refractivity contribution is -0.130. The van der Waals surface area contributed by atoms with Crippen LogP contribution >= 0.6 is 0 Å². The molecule has 2 aliphatic rings. The Hall–Kier alpha value is -3.23. The van der Waals surface area contributed by atoms with Gasteiger partial charge in [-0.2, -0.15) is 0 Å². The lowest BCUT2D eigenvalue weighted by atomic mass is 9.81. The molecule has 1 unspecified atom stereocenters. The fourth-order valence-electron chi connectivity index (χ4n) is 4.92. The van der Waals surface area contributed by atoms with Crippen molar-refractivity contribution in [2.24, 2.45) is 17.8 Å². The maximum absolute atomic E-state index is 11.0. The number of carbonyl (C=O) groups is 2. The third kappa shape index (κ3) is 5.55. The number of aliphatic hydroxyl groups excluding tert-OH is 1. The van der Waals surface area contributed by atoms with Gasteiger partial charge in [0.15, 0.2) is 11.5 Å². The van der Waals surface area contributed by atoms with Gasteiger partial charge in [0, 0.05) is 25.9 Å². The van der Waals surface area contributed by atoms with E-state index in [1.165, 1.54) is 4.90 Å². The number of nitrogen functional groups attached to an aromatic ring is 1. The number of likely N-dealkylation sites (N-methyl/N-ethyl adjacent to an activating group) is 1. The van der Waals surface area contributed by atoms with E-state index in [0.717, 1.165) is 32.1 Å². The van der Waals surface area contributed by atoms with Gasteiger partial charge in [0.05, 0.1) is 19.0 Å². The van der Waals surface area contributed by atoms with Crippen molar-refractivity contribution in [3.8, 4) is 11.8 Å². The first-order valence-electron chi connectivity index (χ1n) is 11.9. The maximum atomic E-state index is 11.0. The molecule has 11 heteroatoms. The average Bonchev–Trinajstić information content (AvgIpc) is 3.40. The van der Waals surface area contributed by atoms with Gasteiger partial charge in [-0.15, -0.1) is 0 Å². The van der Waals surface area contributed by atoms with E-state index in [1.54, 1.807) is 17.9 Å². The molecule has 0 spiro atoms. The number of carbonyl (C=O) groups excluding carboxylic acids is 2. The topological polar surface area (TPSA) is 146 Å². The minimum atomic E-state index is -0.751. The minimum Gasteiger partial charge on any atom is -0.468 e. The number of rotatable bonds is 8. The van der Waals surface area contributed by atoms with Crippen LogP contribution in [0.1, 0.15) is 51.1 Å². The second kappa shape index (κ2) is 11.0. The van der Waals surface area contributed by atoms with Crippen LogP contribution in [0.15, 0.2) is 6.33 Å². The number of hydrogen-bond donors (Lipinski definition) is 2. The summed E-state index contributed by atoms with van der Waals surface area (Å²) in [6, 6.07) is 0. The molecule has 4 rings (SSSR count). The van der Waals surface area contributed by atoms with Crippen LogP contribution in [0.2, 0.25) is 0 Å². The van der Waals surface area contributed by atoms with Crippen molar-refractivity contribution in [3.05, 3.63) is 12.2 Å². The molecule has 2 aromatic heterocycles. The predicted molar refractivity (Wildman–Crippen MR) is 126 cm³/mol. The summed E-state index contributed by atoms with van der Waals surface area (Å²) in [5.41, 5.74) is 7.09. The molecule has 0 aromatic carbocycles. The Labute approximate surface area is 204 Å². The van der Waals surface area contributed by atoms with Gasteiger partial charge in [-0.1, -0.05) is 12.8 Å². The van der Waals surface area contributed by atoms with Gasteiger partial charge in [-0.25, -0.2) is 15.0 Å². The summed E-state index contributed by atoms with van der Waals surface area (Å²) in [7, 11) is 1.64. The number of nitrogens with two attached hydrogens (primary N) is 1. The molecule has 188 valence electrons. The molecule has 35 heavy (non-hydrogen) atoms. The maximum Gasteiger partial charge on any atom is 0.293 e. The lowest BCUT2D eigenvalue weighted by Crippen LogP contribution is -2.35. The number of aliphatic hydroxyl groups is 1. The molecule has 3 heterocycles. The molecule has 1 amide bonds.